The fourth-order valence-corrected chi connectivity index (χ4v) is 4.34. The van der Waals surface area contributed by atoms with E-state index in [1.54, 1.807) is 6.33 Å². The summed E-state index contributed by atoms with van der Waals surface area (Å²) >= 11 is 3.90. The van der Waals surface area contributed by atoms with Crippen molar-refractivity contribution < 1.29 is 4.79 Å². The van der Waals surface area contributed by atoms with Gasteiger partial charge in [-0.1, -0.05) is 0 Å². The number of fused-ring (bicyclic) bond motifs is 1. The molecule has 0 aliphatic carbocycles. The topological polar surface area (TPSA) is 58.1 Å². The normalized spacial score (nSPS) is 15.8. The van der Waals surface area contributed by atoms with Crippen LogP contribution in [0.4, 0.5) is 5.82 Å². The molecule has 2 aromatic rings. The zero-order valence-electron chi connectivity index (χ0n) is 13.0. The van der Waals surface area contributed by atoms with E-state index in [-0.39, 0.29) is 11.9 Å². The van der Waals surface area contributed by atoms with Crippen molar-refractivity contribution in [1.29, 1.82) is 0 Å². The first-order valence-electron chi connectivity index (χ1n) is 7.63. The van der Waals surface area contributed by atoms with Crippen molar-refractivity contribution in [2.24, 2.45) is 0 Å². The molecule has 1 unspecified atom stereocenters. The van der Waals surface area contributed by atoms with Crippen LogP contribution in [0, 0.1) is 0 Å². The van der Waals surface area contributed by atoms with Crippen LogP contribution in [0.5, 0.6) is 0 Å². The molecule has 2 heterocycles. The van der Waals surface area contributed by atoms with Crippen molar-refractivity contribution in [2.45, 2.75) is 30.0 Å². The van der Waals surface area contributed by atoms with Crippen LogP contribution >= 0.6 is 15.9 Å². The minimum atomic E-state index is -0.199. The quantitative estimate of drug-likeness (QED) is 0.724. The maximum atomic E-state index is 12.8. The van der Waals surface area contributed by atoms with Gasteiger partial charge in [-0.3, -0.25) is 0 Å². The number of rotatable bonds is 5. The van der Waals surface area contributed by atoms with Gasteiger partial charge in [-0.05, 0) is 0 Å². The van der Waals surface area contributed by atoms with Crippen molar-refractivity contribution in [3.05, 3.63) is 29.0 Å². The number of carbonyl (C=O) groups is 1. The summed E-state index contributed by atoms with van der Waals surface area (Å²) in [4.78, 5) is 23.4. The Bertz CT molecular complexity index is 706. The van der Waals surface area contributed by atoms with E-state index in [9.17, 15) is 4.79 Å². The summed E-state index contributed by atoms with van der Waals surface area (Å²) in [5, 5.41) is 5.18. The Hall–Kier alpha value is -1.17. The van der Waals surface area contributed by atoms with Gasteiger partial charge in [-0.15, -0.1) is 0 Å². The number of halogens is 1. The first-order chi connectivity index (χ1) is 11.2. The second-order valence-corrected chi connectivity index (χ2v) is 8.39. The minimum absolute atomic E-state index is 0.199. The molecule has 0 radical (unpaired) electrons. The molecule has 0 spiro atoms. The molecule has 1 fully saturated rings. The molecule has 1 aromatic carbocycles. The van der Waals surface area contributed by atoms with Gasteiger partial charge in [0.25, 0.3) is 0 Å². The molecule has 1 N–H and O–H groups in total. The number of carbonyl (C=O) groups excluding carboxylic acids is 1. The summed E-state index contributed by atoms with van der Waals surface area (Å²) in [6.45, 7) is 1.76. The monoisotopic (exact) mass is 442 g/mol. The molecule has 122 valence electrons. The van der Waals surface area contributed by atoms with Crippen molar-refractivity contribution in [2.75, 3.05) is 18.4 Å². The Labute approximate surface area is 150 Å². The molecular formula is C16H19BrN4OSe. The van der Waals surface area contributed by atoms with Crippen LogP contribution in [0.1, 0.15) is 12.8 Å². The van der Waals surface area contributed by atoms with E-state index in [2.05, 4.69) is 37.0 Å². The van der Waals surface area contributed by atoms with Gasteiger partial charge in [0.15, 0.2) is 0 Å². The van der Waals surface area contributed by atoms with Crippen molar-refractivity contribution in [1.82, 2.24) is 14.9 Å². The standard InChI is InChI=1S/C16H19BrN4OSe/c1-23-9-14(16(22)21-6-2-3-7-21)20-15-12-8-11(17)4-5-13(12)18-10-19-15/h4-5,8,10,14H,2-3,6-7,9H2,1H3,(H,18,19,20). The summed E-state index contributed by atoms with van der Waals surface area (Å²) < 4.78 is 0.977. The van der Waals surface area contributed by atoms with Gasteiger partial charge in [-0.2, -0.15) is 0 Å². The van der Waals surface area contributed by atoms with Crippen LogP contribution in [-0.2, 0) is 4.79 Å². The zero-order chi connectivity index (χ0) is 16.2. The second kappa shape index (κ2) is 7.60. The molecule has 1 aromatic heterocycles. The third kappa shape index (κ3) is 3.84. The van der Waals surface area contributed by atoms with Gasteiger partial charge in [0, 0.05) is 0 Å². The molecule has 0 bridgehead atoms. The van der Waals surface area contributed by atoms with E-state index >= 15 is 0 Å². The number of hydrogen-bond donors (Lipinski definition) is 1. The van der Waals surface area contributed by atoms with E-state index < -0.39 is 0 Å². The molecule has 7 heteroatoms. The van der Waals surface area contributed by atoms with E-state index in [4.69, 9.17) is 0 Å². The van der Waals surface area contributed by atoms with Crippen molar-refractivity contribution >= 4 is 53.5 Å². The molecular weight excluding hydrogens is 423 g/mol. The van der Waals surface area contributed by atoms with Crippen LogP contribution in [0.25, 0.3) is 10.9 Å². The number of amides is 1. The average Bonchev–Trinajstić information content (AvgIpc) is 3.08. The van der Waals surface area contributed by atoms with Crippen LogP contribution in [0.15, 0.2) is 29.0 Å². The summed E-state index contributed by atoms with van der Waals surface area (Å²) in [7, 11) is 0. The third-order valence-corrected chi connectivity index (χ3v) is 5.85. The van der Waals surface area contributed by atoms with Crippen LogP contribution in [0.2, 0.25) is 11.1 Å². The predicted molar refractivity (Wildman–Crippen MR) is 96.9 cm³/mol. The van der Waals surface area contributed by atoms with Crippen LogP contribution in [0.3, 0.4) is 0 Å². The van der Waals surface area contributed by atoms with Gasteiger partial charge in [0.05, 0.1) is 0 Å². The Morgan fingerprint density at radius 3 is 2.91 bits per heavy atom. The van der Waals surface area contributed by atoms with E-state index in [1.807, 2.05) is 23.1 Å². The van der Waals surface area contributed by atoms with Gasteiger partial charge in [0.2, 0.25) is 0 Å². The second-order valence-electron chi connectivity index (χ2n) is 5.57. The molecule has 1 aliphatic rings. The molecule has 1 atom stereocenters. The molecule has 3 rings (SSSR count). The zero-order valence-corrected chi connectivity index (χ0v) is 16.3. The first-order valence-corrected chi connectivity index (χ1v) is 11.4. The van der Waals surface area contributed by atoms with Gasteiger partial charge >= 0.3 is 151 Å². The first kappa shape index (κ1) is 16.7. The molecule has 23 heavy (non-hydrogen) atoms. The number of aromatic nitrogens is 2. The molecule has 5 nitrogen and oxygen atoms in total. The van der Waals surface area contributed by atoms with Crippen LogP contribution < -0.4 is 5.32 Å². The number of benzene rings is 1. The molecule has 1 aliphatic heterocycles. The third-order valence-electron chi connectivity index (χ3n) is 3.96. The average molecular weight is 442 g/mol. The predicted octanol–water partition coefficient (Wildman–Crippen LogP) is 2.97. The summed E-state index contributed by atoms with van der Waals surface area (Å²) in [6.07, 6.45) is 3.77. The van der Waals surface area contributed by atoms with Crippen molar-refractivity contribution in [3.63, 3.8) is 0 Å². The summed E-state index contributed by atoms with van der Waals surface area (Å²) in [6, 6.07) is 5.70. The fraction of sp³-hybridized carbons (Fsp3) is 0.438. The molecule has 1 amide bonds. The number of hydrogen-bond acceptors (Lipinski definition) is 4. The number of nitrogens with one attached hydrogen (secondary N) is 1. The summed E-state index contributed by atoms with van der Waals surface area (Å²) in [5.74, 6) is 3.10. The Morgan fingerprint density at radius 2 is 2.17 bits per heavy atom. The number of nitrogens with zero attached hydrogens (tertiary/aromatic N) is 3. The van der Waals surface area contributed by atoms with Crippen molar-refractivity contribution in [3.8, 4) is 0 Å². The summed E-state index contributed by atoms with van der Waals surface area (Å²) in [5.41, 5.74) is 0.875. The number of likely N-dealkylation sites (tertiary alicyclic amines) is 1. The molecule has 1 saturated heterocycles. The van der Waals surface area contributed by atoms with E-state index in [0.717, 1.165) is 52.4 Å². The van der Waals surface area contributed by atoms with Crippen LogP contribution in [-0.4, -0.2) is 54.9 Å². The SMILES string of the molecule is C[Se]CC(Nc1ncnc2ccc(Br)cc12)C(=O)N1CCCC1. The van der Waals surface area contributed by atoms with E-state index in [0.29, 0.717) is 15.0 Å². The fourth-order valence-electron chi connectivity index (χ4n) is 2.81. The van der Waals surface area contributed by atoms with Gasteiger partial charge in [0.1, 0.15) is 0 Å². The molecule has 0 saturated carbocycles. The van der Waals surface area contributed by atoms with Gasteiger partial charge < -0.3 is 0 Å². The Morgan fingerprint density at radius 1 is 1.39 bits per heavy atom. The Balaban J connectivity index is 1.87. The number of anilines is 1. The van der Waals surface area contributed by atoms with Gasteiger partial charge in [-0.25, -0.2) is 0 Å². The maximum absolute atomic E-state index is 12.8. The Kier molecular flexibility index (Phi) is 5.51. The van der Waals surface area contributed by atoms with E-state index in [1.165, 1.54) is 0 Å².